The van der Waals surface area contributed by atoms with Gasteiger partial charge in [-0.15, -0.1) is 0 Å². The second-order valence-electron chi connectivity index (χ2n) is 3.40. The second kappa shape index (κ2) is 7.14. The maximum atomic E-state index is 12.6. The molecule has 0 aromatic carbocycles. The van der Waals surface area contributed by atoms with Crippen molar-refractivity contribution in [2.45, 2.75) is 25.3 Å². The van der Waals surface area contributed by atoms with Gasteiger partial charge in [-0.05, 0) is 6.92 Å². The first-order valence-corrected chi connectivity index (χ1v) is 4.97. The first-order valence-electron chi connectivity index (χ1n) is 4.97. The summed E-state index contributed by atoms with van der Waals surface area (Å²) in [5.74, 6) is -7.78. The van der Waals surface area contributed by atoms with Crippen molar-refractivity contribution in [3.8, 4) is 0 Å². The van der Waals surface area contributed by atoms with Crippen LogP contribution in [0.15, 0.2) is 0 Å². The molecule has 2 amide bonds. The smallest absolute Gasteiger partial charge is 0.383 e. The lowest BCUT2D eigenvalue weighted by molar-refractivity contribution is -0.170. The zero-order valence-corrected chi connectivity index (χ0v) is 9.81. The van der Waals surface area contributed by atoms with Gasteiger partial charge in [0, 0.05) is 13.7 Å². The Morgan fingerprint density at radius 2 is 1.89 bits per heavy atom. The summed E-state index contributed by atoms with van der Waals surface area (Å²) in [6, 6.07) is -1.35. The Kier molecular flexibility index (Phi) is 6.60. The molecule has 106 valence electrons. The van der Waals surface area contributed by atoms with E-state index < -0.39 is 30.2 Å². The Morgan fingerprint density at radius 3 is 2.33 bits per heavy atom. The highest BCUT2D eigenvalue weighted by Crippen LogP contribution is 2.22. The van der Waals surface area contributed by atoms with Gasteiger partial charge >= 0.3 is 12.3 Å². The van der Waals surface area contributed by atoms with E-state index in [2.05, 4.69) is 10.1 Å². The lowest BCUT2D eigenvalue weighted by Gasteiger charge is -2.18. The minimum absolute atomic E-state index is 0.112. The highest BCUT2D eigenvalue weighted by Gasteiger charge is 2.49. The van der Waals surface area contributed by atoms with E-state index in [0.717, 1.165) is 6.92 Å². The molecule has 0 rings (SSSR count). The first-order chi connectivity index (χ1) is 8.23. The molecule has 0 saturated carbocycles. The minimum Gasteiger partial charge on any atom is -0.383 e. The average molecular weight is 274 g/mol. The molecule has 0 saturated heterocycles. The minimum atomic E-state index is -4.82. The number of nitrogens with one attached hydrogen (secondary N) is 2. The van der Waals surface area contributed by atoms with Crippen molar-refractivity contribution in [2.75, 3.05) is 20.3 Å². The van der Waals surface area contributed by atoms with Gasteiger partial charge in [-0.1, -0.05) is 0 Å². The molecule has 0 spiro atoms. The van der Waals surface area contributed by atoms with Crippen LogP contribution in [0.2, 0.25) is 0 Å². The van der Waals surface area contributed by atoms with E-state index in [1.807, 2.05) is 0 Å². The molecular formula is C9H14F4N2O3. The van der Waals surface area contributed by atoms with Crippen LogP contribution in [-0.4, -0.2) is 50.5 Å². The van der Waals surface area contributed by atoms with Crippen molar-refractivity contribution < 1.29 is 31.9 Å². The number of halogens is 4. The summed E-state index contributed by atoms with van der Waals surface area (Å²) in [4.78, 5) is 22.0. The molecule has 0 aliphatic carbocycles. The third kappa shape index (κ3) is 4.86. The summed E-state index contributed by atoms with van der Waals surface area (Å²) in [6.45, 7) is 1.40. The van der Waals surface area contributed by atoms with Crippen LogP contribution in [0.4, 0.5) is 17.6 Å². The lowest BCUT2D eigenvalue weighted by atomic mass is 10.2. The molecule has 0 fully saturated rings. The normalized spacial score (nSPS) is 13.3. The van der Waals surface area contributed by atoms with E-state index in [-0.39, 0.29) is 13.2 Å². The van der Waals surface area contributed by atoms with Gasteiger partial charge in [0.05, 0.1) is 6.61 Å². The topological polar surface area (TPSA) is 67.4 Å². The van der Waals surface area contributed by atoms with E-state index in [4.69, 9.17) is 0 Å². The Hall–Kier alpha value is -1.38. The van der Waals surface area contributed by atoms with Crippen molar-refractivity contribution >= 4 is 11.8 Å². The summed E-state index contributed by atoms with van der Waals surface area (Å²) >= 11 is 0. The molecule has 0 aliphatic heterocycles. The zero-order chi connectivity index (χ0) is 14.3. The summed E-state index contributed by atoms with van der Waals surface area (Å²) in [7, 11) is 1.39. The van der Waals surface area contributed by atoms with Crippen LogP contribution in [0, 0.1) is 0 Å². The molecule has 0 aliphatic rings. The number of rotatable bonds is 7. The van der Waals surface area contributed by atoms with Gasteiger partial charge in [0.25, 0.3) is 5.91 Å². The number of carbonyl (C=O) groups is 2. The van der Waals surface area contributed by atoms with Gasteiger partial charge in [0.15, 0.2) is 0 Å². The predicted molar refractivity (Wildman–Crippen MR) is 53.4 cm³/mol. The molecule has 0 aromatic rings. The van der Waals surface area contributed by atoms with E-state index >= 15 is 0 Å². The molecule has 0 aromatic heterocycles. The molecule has 2 N–H and O–H groups in total. The van der Waals surface area contributed by atoms with Crippen LogP contribution in [0.1, 0.15) is 6.92 Å². The SMILES string of the molecule is COCCNC(=O)C(C)NC(=O)C(F)(F)C(F)F. The van der Waals surface area contributed by atoms with Crippen molar-refractivity contribution in [1.29, 1.82) is 0 Å². The monoisotopic (exact) mass is 274 g/mol. The Morgan fingerprint density at radius 1 is 1.33 bits per heavy atom. The molecule has 0 bridgehead atoms. The van der Waals surface area contributed by atoms with E-state index in [1.54, 1.807) is 0 Å². The molecular weight excluding hydrogens is 260 g/mol. The summed E-state index contributed by atoms with van der Waals surface area (Å²) in [5.41, 5.74) is 0. The van der Waals surface area contributed by atoms with Crippen molar-refractivity contribution in [2.24, 2.45) is 0 Å². The molecule has 18 heavy (non-hydrogen) atoms. The van der Waals surface area contributed by atoms with E-state index in [0.29, 0.717) is 0 Å². The van der Waals surface area contributed by atoms with Gasteiger partial charge in [0.2, 0.25) is 5.91 Å². The molecule has 0 heterocycles. The highest BCUT2D eigenvalue weighted by atomic mass is 19.3. The third-order valence-electron chi connectivity index (χ3n) is 1.92. The summed E-state index contributed by atoms with van der Waals surface area (Å²) in [5, 5.41) is 3.76. The molecule has 0 radical (unpaired) electrons. The first kappa shape index (κ1) is 16.6. The van der Waals surface area contributed by atoms with Crippen LogP contribution in [-0.2, 0) is 14.3 Å². The lowest BCUT2D eigenvalue weighted by Crippen LogP contribution is -2.52. The van der Waals surface area contributed by atoms with Crippen molar-refractivity contribution in [3.63, 3.8) is 0 Å². The Bertz CT molecular complexity index is 300. The van der Waals surface area contributed by atoms with E-state index in [1.165, 1.54) is 12.4 Å². The van der Waals surface area contributed by atoms with Gasteiger partial charge in [0.1, 0.15) is 6.04 Å². The fourth-order valence-electron chi connectivity index (χ4n) is 0.887. The second-order valence-corrected chi connectivity index (χ2v) is 3.40. The third-order valence-corrected chi connectivity index (χ3v) is 1.92. The average Bonchev–Trinajstić information content (AvgIpc) is 2.28. The Balaban J connectivity index is 4.27. The fourth-order valence-corrected chi connectivity index (χ4v) is 0.887. The van der Waals surface area contributed by atoms with Crippen LogP contribution < -0.4 is 10.6 Å². The van der Waals surface area contributed by atoms with Gasteiger partial charge in [-0.25, -0.2) is 8.78 Å². The number of carbonyl (C=O) groups excluding carboxylic acids is 2. The quantitative estimate of drug-likeness (QED) is 0.513. The Labute approximate surface area is 101 Å². The van der Waals surface area contributed by atoms with E-state index in [9.17, 15) is 27.2 Å². The van der Waals surface area contributed by atoms with Gasteiger partial charge in [-0.3, -0.25) is 9.59 Å². The number of hydrogen-bond donors (Lipinski definition) is 2. The predicted octanol–water partition coefficient (Wildman–Crippen LogP) is 0.154. The number of alkyl halides is 4. The largest absolute Gasteiger partial charge is 0.383 e. The molecule has 9 heteroatoms. The standard InChI is InChI=1S/C9H14F4N2O3/c1-5(6(16)14-3-4-18-2)15-8(17)9(12,13)7(10)11/h5,7H,3-4H2,1-2H3,(H,14,16)(H,15,17). The van der Waals surface area contributed by atoms with Crippen LogP contribution in [0.3, 0.4) is 0 Å². The number of amides is 2. The van der Waals surface area contributed by atoms with Crippen molar-refractivity contribution in [3.05, 3.63) is 0 Å². The molecule has 1 atom stereocenters. The zero-order valence-electron chi connectivity index (χ0n) is 9.81. The number of ether oxygens (including phenoxy) is 1. The maximum absolute atomic E-state index is 12.6. The maximum Gasteiger partial charge on any atom is 0.383 e. The van der Waals surface area contributed by atoms with Gasteiger partial charge in [-0.2, -0.15) is 8.78 Å². The molecule has 5 nitrogen and oxygen atoms in total. The summed E-state index contributed by atoms with van der Waals surface area (Å²) in [6.07, 6.45) is -4.12. The van der Waals surface area contributed by atoms with Gasteiger partial charge < -0.3 is 15.4 Å². The van der Waals surface area contributed by atoms with Crippen LogP contribution >= 0.6 is 0 Å². The molecule has 1 unspecified atom stereocenters. The summed E-state index contributed by atoms with van der Waals surface area (Å²) < 4.78 is 53.4. The number of hydrogen-bond acceptors (Lipinski definition) is 3. The van der Waals surface area contributed by atoms with Crippen LogP contribution in [0.5, 0.6) is 0 Å². The van der Waals surface area contributed by atoms with Crippen molar-refractivity contribution in [1.82, 2.24) is 10.6 Å². The number of methoxy groups -OCH3 is 1. The van der Waals surface area contributed by atoms with Crippen LogP contribution in [0.25, 0.3) is 0 Å². The fraction of sp³-hybridized carbons (Fsp3) is 0.778. The highest BCUT2D eigenvalue weighted by molar-refractivity contribution is 5.90.